The van der Waals surface area contributed by atoms with Crippen LogP contribution in [-0.4, -0.2) is 35.5 Å². The van der Waals surface area contributed by atoms with Gasteiger partial charge in [0, 0.05) is 6.42 Å². The van der Waals surface area contributed by atoms with E-state index in [0.717, 1.165) is 16.9 Å². The van der Waals surface area contributed by atoms with Gasteiger partial charge in [-0.15, -0.1) is 0 Å². The molecule has 1 atom stereocenters. The molecule has 0 spiro atoms. The van der Waals surface area contributed by atoms with Gasteiger partial charge in [-0.1, -0.05) is 29.5 Å². The standard InChI is InChI=1S/C16H14N2O5S/c1-16(7-9-5-3-4-6-10(9)12(19)23-16)14(21)18-15-17-8-11(24-15)13(20)22-2/h3-6,8H,7H2,1-2H3,(H,17,18,21). The first-order valence-electron chi connectivity index (χ1n) is 7.10. The molecule has 0 bridgehead atoms. The number of anilines is 1. The highest BCUT2D eigenvalue weighted by Gasteiger charge is 2.42. The van der Waals surface area contributed by atoms with Crippen LogP contribution in [0, 0.1) is 0 Å². The van der Waals surface area contributed by atoms with Gasteiger partial charge >= 0.3 is 11.9 Å². The molecule has 1 N–H and O–H groups in total. The van der Waals surface area contributed by atoms with Gasteiger partial charge in [0.25, 0.3) is 5.91 Å². The third-order valence-electron chi connectivity index (χ3n) is 3.68. The molecular weight excluding hydrogens is 332 g/mol. The molecule has 2 aromatic rings. The smallest absolute Gasteiger partial charge is 0.349 e. The second-order valence-corrected chi connectivity index (χ2v) is 6.46. The van der Waals surface area contributed by atoms with Crippen molar-refractivity contribution in [2.45, 2.75) is 18.9 Å². The quantitative estimate of drug-likeness (QED) is 0.855. The molecular formula is C16H14N2O5S. The van der Waals surface area contributed by atoms with E-state index in [0.29, 0.717) is 5.56 Å². The maximum absolute atomic E-state index is 12.6. The minimum Gasteiger partial charge on any atom is -0.465 e. The highest BCUT2D eigenvalue weighted by Crippen LogP contribution is 2.30. The van der Waals surface area contributed by atoms with Crippen molar-refractivity contribution in [2.75, 3.05) is 12.4 Å². The molecule has 8 heteroatoms. The number of carbonyl (C=O) groups is 3. The number of hydrogen-bond acceptors (Lipinski definition) is 7. The second-order valence-electron chi connectivity index (χ2n) is 5.43. The molecule has 3 rings (SSSR count). The zero-order valence-corrected chi connectivity index (χ0v) is 13.8. The Morgan fingerprint density at radius 1 is 1.38 bits per heavy atom. The molecule has 1 aliphatic rings. The Morgan fingerprint density at radius 3 is 2.88 bits per heavy atom. The van der Waals surface area contributed by atoms with Crippen LogP contribution in [0.1, 0.15) is 32.5 Å². The van der Waals surface area contributed by atoms with Crippen molar-refractivity contribution in [3.63, 3.8) is 0 Å². The Hall–Kier alpha value is -2.74. The molecule has 124 valence electrons. The number of nitrogens with zero attached hydrogens (tertiary/aromatic N) is 1. The number of carbonyl (C=O) groups excluding carboxylic acids is 3. The Kier molecular flexibility index (Phi) is 4.06. The van der Waals surface area contributed by atoms with Crippen molar-refractivity contribution in [3.05, 3.63) is 46.5 Å². The number of aromatic nitrogens is 1. The average molecular weight is 346 g/mol. The van der Waals surface area contributed by atoms with Gasteiger partial charge in [-0.3, -0.25) is 10.1 Å². The Morgan fingerprint density at radius 2 is 2.12 bits per heavy atom. The average Bonchev–Trinajstić information content (AvgIpc) is 3.02. The van der Waals surface area contributed by atoms with Crippen LogP contribution in [-0.2, 0) is 20.7 Å². The van der Waals surface area contributed by atoms with Gasteiger partial charge in [-0.2, -0.15) is 0 Å². The first-order valence-corrected chi connectivity index (χ1v) is 7.91. The first-order chi connectivity index (χ1) is 11.4. The number of esters is 2. The highest BCUT2D eigenvalue weighted by atomic mass is 32.1. The summed E-state index contributed by atoms with van der Waals surface area (Å²) in [5.74, 6) is -1.57. The van der Waals surface area contributed by atoms with Gasteiger partial charge < -0.3 is 9.47 Å². The van der Waals surface area contributed by atoms with Crippen LogP contribution >= 0.6 is 11.3 Å². The van der Waals surface area contributed by atoms with Crippen LogP contribution in [0.4, 0.5) is 5.13 Å². The fraction of sp³-hybridized carbons (Fsp3) is 0.250. The topological polar surface area (TPSA) is 94.6 Å². The van der Waals surface area contributed by atoms with Crippen LogP contribution < -0.4 is 5.32 Å². The van der Waals surface area contributed by atoms with Crippen molar-refractivity contribution in [1.29, 1.82) is 0 Å². The maximum atomic E-state index is 12.6. The summed E-state index contributed by atoms with van der Waals surface area (Å²) < 4.78 is 9.94. The van der Waals surface area contributed by atoms with E-state index in [1.54, 1.807) is 31.2 Å². The number of fused-ring (bicyclic) bond motifs is 1. The summed E-state index contributed by atoms with van der Waals surface area (Å²) in [5.41, 5.74) is -0.131. The number of rotatable bonds is 3. The molecule has 0 saturated carbocycles. The lowest BCUT2D eigenvalue weighted by molar-refractivity contribution is -0.134. The predicted octanol–water partition coefficient (Wildman–Crippen LogP) is 2.04. The number of thiazole rings is 1. The summed E-state index contributed by atoms with van der Waals surface area (Å²) in [6.45, 7) is 1.55. The van der Waals surface area contributed by atoms with E-state index in [4.69, 9.17) is 4.74 Å². The number of amides is 1. The van der Waals surface area contributed by atoms with E-state index < -0.39 is 23.4 Å². The minimum atomic E-state index is -1.34. The second kappa shape index (κ2) is 6.04. The molecule has 2 heterocycles. The van der Waals surface area contributed by atoms with Gasteiger partial charge in [-0.05, 0) is 18.6 Å². The highest BCUT2D eigenvalue weighted by molar-refractivity contribution is 7.17. The number of ether oxygens (including phenoxy) is 2. The summed E-state index contributed by atoms with van der Waals surface area (Å²) in [4.78, 5) is 40.3. The molecule has 0 aliphatic carbocycles. The summed E-state index contributed by atoms with van der Waals surface area (Å²) in [6.07, 6.45) is 1.58. The summed E-state index contributed by atoms with van der Waals surface area (Å²) in [5, 5.41) is 2.82. The monoisotopic (exact) mass is 346 g/mol. The van der Waals surface area contributed by atoms with E-state index in [2.05, 4.69) is 15.0 Å². The molecule has 1 aromatic heterocycles. The zero-order chi connectivity index (χ0) is 17.3. The van der Waals surface area contributed by atoms with Crippen molar-refractivity contribution in [3.8, 4) is 0 Å². The Labute approximate surface area is 141 Å². The predicted molar refractivity (Wildman–Crippen MR) is 86.0 cm³/mol. The van der Waals surface area contributed by atoms with Gasteiger partial charge in [0.2, 0.25) is 0 Å². The van der Waals surface area contributed by atoms with E-state index in [9.17, 15) is 14.4 Å². The molecule has 24 heavy (non-hydrogen) atoms. The number of benzene rings is 1. The van der Waals surface area contributed by atoms with E-state index >= 15 is 0 Å². The van der Waals surface area contributed by atoms with Gasteiger partial charge in [0.05, 0.1) is 18.9 Å². The molecule has 1 aliphatic heterocycles. The fourth-order valence-electron chi connectivity index (χ4n) is 2.42. The van der Waals surface area contributed by atoms with Crippen LogP contribution in [0.25, 0.3) is 0 Å². The van der Waals surface area contributed by atoms with Gasteiger partial charge in [-0.25, -0.2) is 14.6 Å². The number of hydrogen-bond donors (Lipinski definition) is 1. The zero-order valence-electron chi connectivity index (χ0n) is 13.0. The van der Waals surface area contributed by atoms with E-state index in [1.807, 2.05) is 0 Å². The normalized spacial score (nSPS) is 19.2. The maximum Gasteiger partial charge on any atom is 0.349 e. The van der Waals surface area contributed by atoms with Crippen LogP contribution in [0.5, 0.6) is 0 Å². The lowest BCUT2D eigenvalue weighted by Crippen LogP contribution is -2.48. The molecule has 0 radical (unpaired) electrons. The molecule has 1 amide bonds. The number of cyclic esters (lactones) is 1. The SMILES string of the molecule is COC(=O)c1cnc(NC(=O)C2(C)Cc3ccccc3C(=O)O2)s1. The Balaban J connectivity index is 1.79. The molecule has 0 saturated heterocycles. The summed E-state index contributed by atoms with van der Waals surface area (Å²) >= 11 is 0.985. The minimum absolute atomic E-state index is 0.233. The third kappa shape index (κ3) is 2.88. The van der Waals surface area contributed by atoms with Crippen molar-refractivity contribution < 1.29 is 23.9 Å². The first kappa shape index (κ1) is 16.1. The largest absolute Gasteiger partial charge is 0.465 e. The van der Waals surface area contributed by atoms with Crippen molar-refractivity contribution >= 4 is 34.3 Å². The molecule has 1 aromatic carbocycles. The third-order valence-corrected chi connectivity index (χ3v) is 4.57. The van der Waals surface area contributed by atoms with Crippen molar-refractivity contribution in [2.24, 2.45) is 0 Å². The summed E-state index contributed by atoms with van der Waals surface area (Å²) in [6, 6.07) is 7.00. The van der Waals surface area contributed by atoms with Crippen LogP contribution in [0.3, 0.4) is 0 Å². The Bertz CT molecular complexity index is 831. The van der Waals surface area contributed by atoms with E-state index in [-0.39, 0.29) is 16.4 Å². The molecule has 1 unspecified atom stereocenters. The van der Waals surface area contributed by atoms with Crippen LogP contribution in [0.2, 0.25) is 0 Å². The van der Waals surface area contributed by atoms with E-state index in [1.165, 1.54) is 13.3 Å². The van der Waals surface area contributed by atoms with Gasteiger partial charge in [0.1, 0.15) is 4.88 Å². The number of methoxy groups -OCH3 is 1. The molecule has 7 nitrogen and oxygen atoms in total. The summed E-state index contributed by atoms with van der Waals surface area (Å²) in [7, 11) is 1.26. The fourth-order valence-corrected chi connectivity index (χ4v) is 3.15. The van der Waals surface area contributed by atoms with Gasteiger partial charge in [0.15, 0.2) is 10.7 Å². The van der Waals surface area contributed by atoms with Crippen molar-refractivity contribution in [1.82, 2.24) is 4.98 Å². The number of nitrogens with one attached hydrogen (secondary N) is 1. The lowest BCUT2D eigenvalue weighted by atomic mass is 9.89. The molecule has 0 fully saturated rings. The van der Waals surface area contributed by atoms with Crippen LogP contribution in [0.15, 0.2) is 30.5 Å². The lowest BCUT2D eigenvalue weighted by Gasteiger charge is -2.32.